The standard InChI is InChI=1S/C19H21FN4O2/c20-15-4-6-17(7-5-15)22-18(25)13-23-8-10-24(11-9-23)19(26)14-2-1-3-16(21)12-14/h1-7,12H,8-11,13,21H2,(H,22,25). The molecule has 3 N–H and O–H groups in total. The third-order valence-electron chi connectivity index (χ3n) is 4.29. The van der Waals surface area contributed by atoms with Gasteiger partial charge in [-0.1, -0.05) is 6.07 Å². The second kappa shape index (κ2) is 7.97. The quantitative estimate of drug-likeness (QED) is 0.819. The van der Waals surface area contributed by atoms with Crippen LogP contribution in [-0.4, -0.2) is 54.3 Å². The number of rotatable bonds is 4. The summed E-state index contributed by atoms with van der Waals surface area (Å²) in [6.45, 7) is 2.57. The monoisotopic (exact) mass is 356 g/mol. The van der Waals surface area contributed by atoms with Gasteiger partial charge >= 0.3 is 0 Å². The lowest BCUT2D eigenvalue weighted by Gasteiger charge is -2.34. The first kappa shape index (κ1) is 17.9. The highest BCUT2D eigenvalue weighted by Crippen LogP contribution is 2.12. The van der Waals surface area contributed by atoms with Gasteiger partial charge < -0.3 is 16.0 Å². The number of benzene rings is 2. The smallest absolute Gasteiger partial charge is 0.254 e. The van der Waals surface area contributed by atoms with Crippen LogP contribution in [-0.2, 0) is 4.79 Å². The molecule has 0 aliphatic carbocycles. The van der Waals surface area contributed by atoms with Crippen LogP contribution in [0.5, 0.6) is 0 Å². The van der Waals surface area contributed by atoms with Gasteiger partial charge in [0.05, 0.1) is 6.54 Å². The summed E-state index contributed by atoms with van der Waals surface area (Å²) in [7, 11) is 0. The number of amides is 2. The van der Waals surface area contributed by atoms with Crippen molar-refractivity contribution >= 4 is 23.2 Å². The zero-order valence-electron chi connectivity index (χ0n) is 14.3. The van der Waals surface area contributed by atoms with E-state index >= 15 is 0 Å². The minimum Gasteiger partial charge on any atom is -0.399 e. The molecule has 26 heavy (non-hydrogen) atoms. The predicted molar refractivity (Wildman–Crippen MR) is 98.2 cm³/mol. The number of hydrogen-bond donors (Lipinski definition) is 2. The highest BCUT2D eigenvalue weighted by Gasteiger charge is 2.23. The topological polar surface area (TPSA) is 78.7 Å². The molecule has 1 fully saturated rings. The van der Waals surface area contributed by atoms with Crippen molar-refractivity contribution in [1.29, 1.82) is 0 Å². The van der Waals surface area contributed by atoms with Crippen LogP contribution in [0.1, 0.15) is 10.4 Å². The van der Waals surface area contributed by atoms with E-state index in [0.29, 0.717) is 43.1 Å². The molecular weight excluding hydrogens is 335 g/mol. The fraction of sp³-hybridized carbons (Fsp3) is 0.263. The third kappa shape index (κ3) is 4.58. The summed E-state index contributed by atoms with van der Waals surface area (Å²) >= 11 is 0. The van der Waals surface area contributed by atoms with Gasteiger partial charge in [0, 0.05) is 43.1 Å². The van der Waals surface area contributed by atoms with Crippen LogP contribution in [0, 0.1) is 5.82 Å². The minimum atomic E-state index is -0.344. The van der Waals surface area contributed by atoms with E-state index in [0.717, 1.165) is 0 Å². The zero-order chi connectivity index (χ0) is 18.5. The summed E-state index contributed by atoms with van der Waals surface area (Å²) in [5.74, 6) is -0.552. The second-order valence-electron chi connectivity index (χ2n) is 6.25. The molecule has 2 aromatic carbocycles. The molecule has 0 bridgehead atoms. The Morgan fingerprint density at radius 1 is 1.04 bits per heavy atom. The first-order valence-corrected chi connectivity index (χ1v) is 8.44. The van der Waals surface area contributed by atoms with Crippen molar-refractivity contribution in [3.8, 4) is 0 Å². The molecule has 136 valence electrons. The van der Waals surface area contributed by atoms with Gasteiger partial charge in [0.2, 0.25) is 5.91 Å². The Hall–Kier alpha value is -2.93. The Balaban J connectivity index is 1.48. The first-order chi connectivity index (χ1) is 12.5. The maximum Gasteiger partial charge on any atom is 0.254 e. The highest BCUT2D eigenvalue weighted by molar-refractivity contribution is 5.95. The lowest BCUT2D eigenvalue weighted by atomic mass is 10.1. The molecule has 3 rings (SSSR count). The SMILES string of the molecule is Nc1cccc(C(=O)N2CCN(CC(=O)Nc3ccc(F)cc3)CC2)c1. The van der Waals surface area contributed by atoms with Crippen molar-refractivity contribution < 1.29 is 14.0 Å². The summed E-state index contributed by atoms with van der Waals surface area (Å²) < 4.78 is 12.9. The summed E-state index contributed by atoms with van der Waals surface area (Å²) in [5.41, 5.74) is 7.43. The molecule has 0 spiro atoms. The number of nitrogens with zero attached hydrogens (tertiary/aromatic N) is 2. The molecule has 0 unspecified atom stereocenters. The van der Waals surface area contributed by atoms with E-state index in [1.807, 2.05) is 4.90 Å². The van der Waals surface area contributed by atoms with Gasteiger partial charge in [-0.05, 0) is 42.5 Å². The number of halogens is 1. The Labute approximate surface area is 151 Å². The number of carbonyl (C=O) groups is 2. The number of hydrogen-bond acceptors (Lipinski definition) is 4. The number of nitrogens with one attached hydrogen (secondary N) is 1. The van der Waals surface area contributed by atoms with Gasteiger partial charge in [-0.15, -0.1) is 0 Å². The minimum absolute atomic E-state index is 0.0484. The van der Waals surface area contributed by atoms with Crippen LogP contribution in [0.2, 0.25) is 0 Å². The number of nitrogens with two attached hydrogens (primary N) is 1. The van der Waals surface area contributed by atoms with E-state index in [4.69, 9.17) is 5.73 Å². The van der Waals surface area contributed by atoms with Crippen molar-refractivity contribution in [2.24, 2.45) is 0 Å². The molecule has 0 radical (unpaired) electrons. The summed E-state index contributed by atoms with van der Waals surface area (Å²) in [5, 5.41) is 2.74. The Morgan fingerprint density at radius 3 is 2.38 bits per heavy atom. The van der Waals surface area contributed by atoms with Gasteiger partial charge in [0.25, 0.3) is 5.91 Å². The summed E-state index contributed by atoms with van der Waals surface area (Å²) in [6.07, 6.45) is 0. The fourth-order valence-electron chi connectivity index (χ4n) is 2.90. The highest BCUT2D eigenvalue weighted by atomic mass is 19.1. The number of carbonyl (C=O) groups excluding carboxylic acids is 2. The van der Waals surface area contributed by atoms with Crippen LogP contribution in [0.15, 0.2) is 48.5 Å². The molecule has 7 heteroatoms. The first-order valence-electron chi connectivity index (χ1n) is 8.44. The molecule has 0 atom stereocenters. The number of anilines is 2. The van der Waals surface area contributed by atoms with Gasteiger partial charge in [-0.25, -0.2) is 4.39 Å². The third-order valence-corrected chi connectivity index (χ3v) is 4.29. The average Bonchev–Trinajstić information content (AvgIpc) is 2.64. The average molecular weight is 356 g/mol. The van der Waals surface area contributed by atoms with Crippen molar-refractivity contribution in [1.82, 2.24) is 9.80 Å². The molecule has 1 saturated heterocycles. The molecular formula is C19H21FN4O2. The van der Waals surface area contributed by atoms with E-state index in [2.05, 4.69) is 5.32 Å². The van der Waals surface area contributed by atoms with Crippen molar-refractivity contribution in [3.63, 3.8) is 0 Å². The molecule has 2 aromatic rings. The molecule has 0 saturated carbocycles. The van der Waals surface area contributed by atoms with Crippen LogP contribution >= 0.6 is 0 Å². The number of nitrogen functional groups attached to an aromatic ring is 1. The van der Waals surface area contributed by atoms with Gasteiger partial charge in [0.1, 0.15) is 5.82 Å². The molecule has 1 aliphatic rings. The van der Waals surface area contributed by atoms with E-state index in [1.54, 1.807) is 29.2 Å². The van der Waals surface area contributed by atoms with Crippen molar-refractivity contribution in [2.45, 2.75) is 0 Å². The molecule has 2 amide bonds. The zero-order valence-corrected chi connectivity index (χ0v) is 14.3. The maximum atomic E-state index is 12.9. The summed E-state index contributed by atoms with van der Waals surface area (Å²) in [6, 6.07) is 12.6. The molecule has 1 aliphatic heterocycles. The fourth-order valence-corrected chi connectivity index (χ4v) is 2.90. The Morgan fingerprint density at radius 2 is 1.73 bits per heavy atom. The van der Waals surface area contributed by atoms with Crippen LogP contribution in [0.25, 0.3) is 0 Å². The van der Waals surface area contributed by atoms with E-state index < -0.39 is 0 Å². The van der Waals surface area contributed by atoms with E-state index in [-0.39, 0.29) is 24.2 Å². The van der Waals surface area contributed by atoms with Gasteiger partial charge in [0.15, 0.2) is 0 Å². The van der Waals surface area contributed by atoms with E-state index in [1.165, 1.54) is 24.3 Å². The molecule has 6 nitrogen and oxygen atoms in total. The van der Waals surface area contributed by atoms with Crippen LogP contribution < -0.4 is 11.1 Å². The largest absolute Gasteiger partial charge is 0.399 e. The molecule has 0 aromatic heterocycles. The van der Waals surface area contributed by atoms with Crippen LogP contribution in [0.4, 0.5) is 15.8 Å². The predicted octanol–water partition coefficient (Wildman–Crippen LogP) is 1.80. The van der Waals surface area contributed by atoms with Crippen molar-refractivity contribution in [2.75, 3.05) is 43.8 Å². The maximum absolute atomic E-state index is 12.9. The summed E-state index contributed by atoms with van der Waals surface area (Å²) in [4.78, 5) is 28.3. The lowest BCUT2D eigenvalue weighted by molar-refractivity contribution is -0.117. The van der Waals surface area contributed by atoms with Crippen LogP contribution in [0.3, 0.4) is 0 Å². The normalized spacial score (nSPS) is 14.9. The lowest BCUT2D eigenvalue weighted by Crippen LogP contribution is -2.50. The number of piperazine rings is 1. The Bertz CT molecular complexity index is 786. The van der Waals surface area contributed by atoms with Gasteiger partial charge in [-0.2, -0.15) is 0 Å². The van der Waals surface area contributed by atoms with Gasteiger partial charge in [-0.3, -0.25) is 14.5 Å². The van der Waals surface area contributed by atoms with Crippen molar-refractivity contribution in [3.05, 3.63) is 59.9 Å². The van der Waals surface area contributed by atoms with E-state index in [9.17, 15) is 14.0 Å². The Kier molecular flexibility index (Phi) is 5.48. The molecule has 1 heterocycles. The second-order valence-corrected chi connectivity index (χ2v) is 6.25.